The monoisotopic (exact) mass is 329 g/mol. The van der Waals surface area contributed by atoms with Gasteiger partial charge in [-0.25, -0.2) is 8.42 Å². The SMILES string of the molecule is COC(=O)[C@H](CO)N(CC(C)C)S(=O)(=O)c1ccc(C)cc1. The number of esters is 1. The van der Waals surface area contributed by atoms with Gasteiger partial charge < -0.3 is 9.84 Å². The van der Waals surface area contributed by atoms with Crippen LogP contribution in [0.4, 0.5) is 0 Å². The molecule has 0 fully saturated rings. The average molecular weight is 329 g/mol. The number of benzene rings is 1. The Labute approximate surface area is 131 Å². The molecule has 124 valence electrons. The Bertz CT molecular complexity index is 595. The molecule has 0 saturated heterocycles. The van der Waals surface area contributed by atoms with Crippen molar-refractivity contribution in [1.29, 1.82) is 0 Å². The third-order valence-electron chi connectivity index (χ3n) is 3.17. The van der Waals surface area contributed by atoms with E-state index in [1.54, 1.807) is 12.1 Å². The number of aliphatic hydroxyl groups excluding tert-OH is 1. The number of ether oxygens (including phenoxy) is 1. The Morgan fingerprint density at radius 1 is 1.27 bits per heavy atom. The first kappa shape index (κ1) is 18.6. The van der Waals surface area contributed by atoms with E-state index >= 15 is 0 Å². The van der Waals surface area contributed by atoms with Crippen molar-refractivity contribution in [1.82, 2.24) is 4.31 Å². The van der Waals surface area contributed by atoms with Crippen LogP contribution in [-0.4, -0.2) is 50.1 Å². The zero-order valence-electron chi connectivity index (χ0n) is 13.3. The number of hydrogen-bond acceptors (Lipinski definition) is 5. The summed E-state index contributed by atoms with van der Waals surface area (Å²) in [5, 5.41) is 9.46. The summed E-state index contributed by atoms with van der Waals surface area (Å²) in [5.41, 5.74) is 0.932. The van der Waals surface area contributed by atoms with E-state index in [0.717, 1.165) is 17.0 Å². The highest BCUT2D eigenvalue weighted by atomic mass is 32.2. The van der Waals surface area contributed by atoms with Crippen molar-refractivity contribution >= 4 is 16.0 Å². The third-order valence-corrected chi connectivity index (χ3v) is 5.06. The Morgan fingerprint density at radius 2 is 1.82 bits per heavy atom. The maximum absolute atomic E-state index is 12.8. The van der Waals surface area contributed by atoms with Crippen molar-refractivity contribution < 1.29 is 23.1 Å². The van der Waals surface area contributed by atoms with Crippen molar-refractivity contribution in [2.45, 2.75) is 31.7 Å². The van der Waals surface area contributed by atoms with Gasteiger partial charge in [0.1, 0.15) is 6.04 Å². The normalized spacial score (nSPS) is 13.4. The first-order chi connectivity index (χ1) is 10.2. The van der Waals surface area contributed by atoms with E-state index in [2.05, 4.69) is 4.74 Å². The lowest BCUT2D eigenvalue weighted by Crippen LogP contribution is -2.49. The van der Waals surface area contributed by atoms with Gasteiger partial charge in [0.15, 0.2) is 0 Å². The lowest BCUT2D eigenvalue weighted by Gasteiger charge is -2.29. The fourth-order valence-corrected chi connectivity index (χ4v) is 3.75. The number of methoxy groups -OCH3 is 1. The molecule has 1 N–H and O–H groups in total. The quantitative estimate of drug-likeness (QED) is 0.759. The van der Waals surface area contributed by atoms with Gasteiger partial charge in [-0.05, 0) is 25.0 Å². The van der Waals surface area contributed by atoms with Gasteiger partial charge in [-0.2, -0.15) is 4.31 Å². The number of aryl methyl sites for hydroxylation is 1. The number of hydrogen-bond donors (Lipinski definition) is 1. The highest BCUT2D eigenvalue weighted by Gasteiger charge is 2.36. The number of aliphatic hydroxyl groups is 1. The summed E-state index contributed by atoms with van der Waals surface area (Å²) in [5.74, 6) is -0.794. The lowest BCUT2D eigenvalue weighted by molar-refractivity contribution is -0.146. The molecule has 1 atom stereocenters. The number of nitrogens with zero attached hydrogens (tertiary/aromatic N) is 1. The predicted molar refractivity (Wildman–Crippen MR) is 82.8 cm³/mol. The van der Waals surface area contributed by atoms with Crippen LogP contribution in [0, 0.1) is 12.8 Å². The maximum Gasteiger partial charge on any atom is 0.326 e. The number of sulfonamides is 1. The summed E-state index contributed by atoms with van der Waals surface area (Å²) in [6, 6.07) is 5.10. The van der Waals surface area contributed by atoms with Gasteiger partial charge in [0, 0.05) is 6.54 Å². The summed E-state index contributed by atoms with van der Waals surface area (Å²) >= 11 is 0. The molecule has 0 radical (unpaired) electrons. The van der Waals surface area contributed by atoms with Crippen LogP contribution in [0.25, 0.3) is 0 Å². The molecule has 1 aromatic rings. The van der Waals surface area contributed by atoms with Crippen molar-refractivity contribution in [3.05, 3.63) is 29.8 Å². The van der Waals surface area contributed by atoms with Crippen molar-refractivity contribution in [2.75, 3.05) is 20.3 Å². The number of rotatable bonds is 7. The largest absolute Gasteiger partial charge is 0.468 e. The lowest BCUT2D eigenvalue weighted by atomic mass is 10.2. The minimum atomic E-state index is -3.91. The molecule has 0 unspecified atom stereocenters. The van der Waals surface area contributed by atoms with Crippen LogP contribution in [0.1, 0.15) is 19.4 Å². The molecule has 0 aliphatic rings. The molecule has 0 aromatic heterocycles. The molecule has 0 heterocycles. The second-order valence-electron chi connectivity index (χ2n) is 5.50. The number of carbonyl (C=O) groups is 1. The average Bonchev–Trinajstić information content (AvgIpc) is 2.46. The van der Waals surface area contributed by atoms with Crippen LogP contribution < -0.4 is 0 Å². The standard InChI is InChI=1S/C15H23NO5S/c1-11(2)9-16(14(10-17)15(18)21-4)22(19,20)13-7-5-12(3)6-8-13/h5-8,11,14,17H,9-10H2,1-4H3/t14-/m0/s1. The Balaban J connectivity index is 3.30. The molecule has 0 saturated carbocycles. The van der Waals surface area contributed by atoms with Crippen molar-refractivity contribution in [3.8, 4) is 0 Å². The zero-order valence-corrected chi connectivity index (χ0v) is 14.1. The van der Waals surface area contributed by atoms with Crippen LogP contribution in [0.5, 0.6) is 0 Å². The molecule has 0 aliphatic carbocycles. The first-order valence-corrected chi connectivity index (χ1v) is 8.45. The topological polar surface area (TPSA) is 83.9 Å². The molecular weight excluding hydrogens is 306 g/mol. The zero-order chi connectivity index (χ0) is 16.9. The molecule has 22 heavy (non-hydrogen) atoms. The van der Waals surface area contributed by atoms with Gasteiger partial charge in [-0.3, -0.25) is 4.79 Å². The van der Waals surface area contributed by atoms with E-state index in [-0.39, 0.29) is 17.4 Å². The van der Waals surface area contributed by atoms with Crippen LogP contribution in [0.3, 0.4) is 0 Å². The Hall–Kier alpha value is -1.44. The fraction of sp³-hybridized carbons (Fsp3) is 0.533. The van der Waals surface area contributed by atoms with Crippen LogP contribution in [-0.2, 0) is 19.6 Å². The second kappa shape index (κ2) is 7.71. The first-order valence-electron chi connectivity index (χ1n) is 7.01. The molecule has 7 heteroatoms. The highest BCUT2D eigenvalue weighted by Crippen LogP contribution is 2.21. The van der Waals surface area contributed by atoms with E-state index in [9.17, 15) is 18.3 Å². The molecule has 0 aliphatic heterocycles. The van der Waals surface area contributed by atoms with E-state index in [4.69, 9.17) is 0 Å². The number of carbonyl (C=O) groups excluding carboxylic acids is 1. The van der Waals surface area contributed by atoms with Gasteiger partial charge in [0.2, 0.25) is 10.0 Å². The Morgan fingerprint density at radius 3 is 2.23 bits per heavy atom. The molecule has 1 aromatic carbocycles. The van der Waals surface area contributed by atoms with E-state index in [0.29, 0.717) is 0 Å². The minimum absolute atomic E-state index is 0.0149. The summed E-state index contributed by atoms with van der Waals surface area (Å²) in [4.78, 5) is 11.9. The summed E-state index contributed by atoms with van der Waals surface area (Å²) in [7, 11) is -2.74. The van der Waals surface area contributed by atoms with Crippen molar-refractivity contribution in [3.63, 3.8) is 0 Å². The van der Waals surface area contributed by atoms with Gasteiger partial charge in [0.25, 0.3) is 0 Å². The van der Waals surface area contributed by atoms with Gasteiger partial charge in [-0.15, -0.1) is 0 Å². The molecule has 0 amide bonds. The second-order valence-corrected chi connectivity index (χ2v) is 7.39. The summed E-state index contributed by atoms with van der Waals surface area (Å²) in [6.45, 7) is 5.00. The van der Waals surface area contributed by atoms with E-state index < -0.39 is 28.6 Å². The predicted octanol–water partition coefficient (Wildman–Crippen LogP) is 1.18. The minimum Gasteiger partial charge on any atom is -0.468 e. The molecule has 0 bridgehead atoms. The van der Waals surface area contributed by atoms with E-state index in [1.165, 1.54) is 12.1 Å². The summed E-state index contributed by atoms with van der Waals surface area (Å²) in [6.07, 6.45) is 0. The smallest absolute Gasteiger partial charge is 0.326 e. The fourth-order valence-electron chi connectivity index (χ4n) is 2.02. The summed E-state index contributed by atoms with van der Waals surface area (Å²) < 4.78 is 31.2. The van der Waals surface area contributed by atoms with Crippen LogP contribution in [0.15, 0.2) is 29.2 Å². The highest BCUT2D eigenvalue weighted by molar-refractivity contribution is 7.89. The van der Waals surface area contributed by atoms with Gasteiger partial charge in [-0.1, -0.05) is 31.5 Å². The molecule has 6 nitrogen and oxygen atoms in total. The molecule has 1 rings (SSSR count). The molecule has 0 spiro atoms. The molecular formula is C15H23NO5S. The third kappa shape index (κ3) is 4.28. The van der Waals surface area contributed by atoms with Gasteiger partial charge in [0.05, 0.1) is 18.6 Å². The van der Waals surface area contributed by atoms with Crippen molar-refractivity contribution in [2.24, 2.45) is 5.92 Å². The van der Waals surface area contributed by atoms with E-state index in [1.807, 2.05) is 20.8 Å². The van der Waals surface area contributed by atoms with Gasteiger partial charge >= 0.3 is 5.97 Å². The maximum atomic E-state index is 12.8. The van der Waals surface area contributed by atoms with Crippen LogP contribution in [0.2, 0.25) is 0 Å². The Kier molecular flexibility index (Phi) is 6.52. The van der Waals surface area contributed by atoms with Crippen LogP contribution >= 0.6 is 0 Å².